The van der Waals surface area contributed by atoms with Crippen LogP contribution in [0.2, 0.25) is 0 Å². The number of anilines is 1. The minimum absolute atomic E-state index is 0.149. The van der Waals surface area contributed by atoms with Gasteiger partial charge in [0.05, 0.1) is 16.6 Å². The zero-order valence-electron chi connectivity index (χ0n) is 16.2. The molecule has 4 nitrogen and oxygen atoms in total. The SMILES string of the molecule is CC1CC(C)(C)N(C)c2ccc(/C=C(/C#N)c3nc4ccccc4[nH]3)cc21. The summed E-state index contributed by atoms with van der Waals surface area (Å²) in [4.78, 5) is 10.2. The first kappa shape index (κ1) is 17.4. The molecule has 0 saturated carbocycles. The van der Waals surface area contributed by atoms with Crippen LogP contribution in [0.15, 0.2) is 42.5 Å². The van der Waals surface area contributed by atoms with Crippen LogP contribution in [-0.2, 0) is 0 Å². The van der Waals surface area contributed by atoms with Crippen molar-refractivity contribution in [3.05, 3.63) is 59.4 Å². The Bertz CT molecular complexity index is 1050. The summed E-state index contributed by atoms with van der Waals surface area (Å²) in [5, 5.41) is 9.68. The summed E-state index contributed by atoms with van der Waals surface area (Å²) in [6.07, 6.45) is 3.03. The van der Waals surface area contributed by atoms with Crippen LogP contribution in [0.4, 0.5) is 5.69 Å². The van der Waals surface area contributed by atoms with E-state index < -0.39 is 0 Å². The van der Waals surface area contributed by atoms with E-state index in [4.69, 9.17) is 0 Å². The Balaban J connectivity index is 1.75. The molecule has 27 heavy (non-hydrogen) atoms. The Hall–Kier alpha value is -3.06. The molecular formula is C23H24N4. The number of imidazole rings is 1. The molecular weight excluding hydrogens is 332 g/mol. The lowest BCUT2D eigenvalue weighted by Crippen LogP contribution is -2.45. The van der Waals surface area contributed by atoms with E-state index in [1.807, 2.05) is 30.3 Å². The van der Waals surface area contributed by atoms with E-state index >= 15 is 0 Å². The Labute approximate surface area is 160 Å². The summed E-state index contributed by atoms with van der Waals surface area (Å²) in [7, 11) is 2.16. The Kier molecular flexibility index (Phi) is 4.04. The van der Waals surface area contributed by atoms with Crippen LogP contribution < -0.4 is 4.90 Å². The molecule has 1 unspecified atom stereocenters. The number of fused-ring (bicyclic) bond motifs is 2. The number of rotatable bonds is 2. The van der Waals surface area contributed by atoms with Crippen molar-refractivity contribution in [2.45, 2.75) is 38.6 Å². The summed E-state index contributed by atoms with van der Waals surface area (Å²) >= 11 is 0. The van der Waals surface area contributed by atoms with Gasteiger partial charge in [-0.15, -0.1) is 0 Å². The number of aromatic nitrogens is 2. The highest BCUT2D eigenvalue weighted by Gasteiger charge is 2.33. The van der Waals surface area contributed by atoms with Crippen molar-refractivity contribution in [1.29, 1.82) is 5.26 Å². The van der Waals surface area contributed by atoms with Crippen LogP contribution in [0, 0.1) is 11.3 Å². The maximum atomic E-state index is 9.68. The maximum absolute atomic E-state index is 9.68. The van der Waals surface area contributed by atoms with Crippen LogP contribution in [0.3, 0.4) is 0 Å². The molecule has 4 heteroatoms. The summed E-state index contributed by atoms with van der Waals surface area (Å²) in [5.74, 6) is 1.10. The molecule has 1 aromatic heterocycles. The first-order chi connectivity index (χ1) is 12.9. The number of para-hydroxylation sites is 2. The van der Waals surface area contributed by atoms with Gasteiger partial charge in [-0.05, 0) is 67.7 Å². The van der Waals surface area contributed by atoms with E-state index in [1.54, 1.807) is 0 Å². The van der Waals surface area contributed by atoms with E-state index in [0.29, 0.717) is 17.3 Å². The van der Waals surface area contributed by atoms with Gasteiger partial charge in [-0.1, -0.05) is 25.1 Å². The molecule has 1 atom stereocenters. The number of aromatic amines is 1. The predicted octanol–water partition coefficient (Wildman–Crippen LogP) is 5.35. The van der Waals surface area contributed by atoms with E-state index in [2.05, 4.69) is 67.0 Å². The summed E-state index contributed by atoms with van der Waals surface area (Å²) < 4.78 is 0. The average Bonchev–Trinajstić information content (AvgIpc) is 3.08. The zero-order chi connectivity index (χ0) is 19.2. The van der Waals surface area contributed by atoms with Gasteiger partial charge in [0.2, 0.25) is 0 Å². The van der Waals surface area contributed by atoms with Crippen LogP contribution in [0.25, 0.3) is 22.7 Å². The fourth-order valence-corrected chi connectivity index (χ4v) is 4.09. The first-order valence-electron chi connectivity index (χ1n) is 9.34. The topological polar surface area (TPSA) is 55.7 Å². The second kappa shape index (κ2) is 6.28. The zero-order valence-corrected chi connectivity index (χ0v) is 16.2. The molecule has 2 heterocycles. The lowest BCUT2D eigenvalue weighted by molar-refractivity contribution is 0.395. The van der Waals surface area contributed by atoms with Crippen molar-refractivity contribution in [2.75, 3.05) is 11.9 Å². The largest absolute Gasteiger partial charge is 0.369 e. The van der Waals surface area contributed by atoms with Crippen LogP contribution in [0.5, 0.6) is 0 Å². The van der Waals surface area contributed by atoms with Crippen molar-refractivity contribution >= 4 is 28.4 Å². The summed E-state index contributed by atoms with van der Waals surface area (Å²) in [6, 6.07) is 16.6. The van der Waals surface area contributed by atoms with Crippen molar-refractivity contribution < 1.29 is 0 Å². The monoisotopic (exact) mass is 356 g/mol. The van der Waals surface area contributed by atoms with Gasteiger partial charge in [0.15, 0.2) is 0 Å². The van der Waals surface area contributed by atoms with E-state index in [-0.39, 0.29) is 5.54 Å². The molecule has 1 aliphatic heterocycles. The Morgan fingerprint density at radius 2 is 2.07 bits per heavy atom. The molecule has 3 aromatic rings. The smallest absolute Gasteiger partial charge is 0.149 e. The highest BCUT2D eigenvalue weighted by Crippen LogP contribution is 2.42. The van der Waals surface area contributed by atoms with Crippen molar-refractivity contribution in [2.24, 2.45) is 0 Å². The molecule has 0 spiro atoms. The van der Waals surface area contributed by atoms with Gasteiger partial charge >= 0.3 is 0 Å². The Morgan fingerprint density at radius 1 is 1.30 bits per heavy atom. The Morgan fingerprint density at radius 3 is 2.81 bits per heavy atom. The third-order valence-electron chi connectivity index (χ3n) is 5.73. The fraction of sp³-hybridized carbons (Fsp3) is 0.304. The van der Waals surface area contributed by atoms with Crippen LogP contribution >= 0.6 is 0 Å². The number of hydrogen-bond donors (Lipinski definition) is 1. The van der Waals surface area contributed by atoms with Gasteiger partial charge in [-0.2, -0.15) is 5.26 Å². The third kappa shape index (κ3) is 3.00. The average molecular weight is 356 g/mol. The molecule has 0 radical (unpaired) electrons. The van der Waals surface area contributed by atoms with E-state index in [9.17, 15) is 5.26 Å². The predicted molar refractivity (Wildman–Crippen MR) is 112 cm³/mol. The number of hydrogen-bond acceptors (Lipinski definition) is 3. The summed E-state index contributed by atoms with van der Waals surface area (Å²) in [5.41, 5.74) is 6.16. The molecule has 4 rings (SSSR count). The van der Waals surface area contributed by atoms with Crippen LogP contribution in [-0.4, -0.2) is 22.6 Å². The van der Waals surface area contributed by atoms with Gasteiger partial charge in [-0.25, -0.2) is 4.98 Å². The number of nitriles is 1. The number of allylic oxidation sites excluding steroid dienone is 1. The van der Waals surface area contributed by atoms with Gasteiger partial charge in [-0.3, -0.25) is 0 Å². The van der Waals surface area contributed by atoms with Crippen LogP contribution in [0.1, 0.15) is 50.1 Å². The molecule has 1 aliphatic rings. The molecule has 0 bridgehead atoms. The second-order valence-electron chi connectivity index (χ2n) is 8.07. The number of nitrogens with one attached hydrogen (secondary N) is 1. The number of benzene rings is 2. The first-order valence-corrected chi connectivity index (χ1v) is 9.34. The lowest BCUT2D eigenvalue weighted by Gasteiger charge is -2.45. The van der Waals surface area contributed by atoms with Gasteiger partial charge in [0.1, 0.15) is 11.9 Å². The van der Waals surface area contributed by atoms with Crippen molar-refractivity contribution in [3.63, 3.8) is 0 Å². The molecule has 2 aromatic carbocycles. The quantitative estimate of drug-likeness (QED) is 0.630. The van der Waals surface area contributed by atoms with E-state index in [0.717, 1.165) is 23.0 Å². The maximum Gasteiger partial charge on any atom is 0.149 e. The van der Waals surface area contributed by atoms with Gasteiger partial charge in [0.25, 0.3) is 0 Å². The minimum atomic E-state index is 0.149. The third-order valence-corrected chi connectivity index (χ3v) is 5.73. The van der Waals surface area contributed by atoms with Gasteiger partial charge < -0.3 is 9.88 Å². The minimum Gasteiger partial charge on any atom is -0.369 e. The van der Waals surface area contributed by atoms with Crippen molar-refractivity contribution in [1.82, 2.24) is 9.97 Å². The molecule has 0 saturated heterocycles. The molecule has 0 amide bonds. The molecule has 0 aliphatic carbocycles. The molecule has 1 N–H and O–H groups in total. The van der Waals surface area contributed by atoms with Gasteiger partial charge in [0, 0.05) is 18.3 Å². The normalized spacial score (nSPS) is 19.0. The standard InChI is InChI=1S/C23H24N4/c1-15-13-23(2,3)27(4)21-10-9-16(12-18(15)21)11-17(14-24)22-25-19-7-5-6-8-20(19)26-22/h5-12,15H,13H2,1-4H3,(H,25,26)/b17-11-. The molecule has 0 fully saturated rings. The highest BCUT2D eigenvalue weighted by atomic mass is 15.2. The summed E-state index contributed by atoms with van der Waals surface area (Å²) in [6.45, 7) is 6.86. The highest BCUT2D eigenvalue weighted by molar-refractivity contribution is 5.90. The fourth-order valence-electron chi connectivity index (χ4n) is 4.09. The number of nitrogens with zero attached hydrogens (tertiary/aromatic N) is 3. The van der Waals surface area contributed by atoms with Crippen molar-refractivity contribution in [3.8, 4) is 6.07 Å². The number of H-pyrrole nitrogens is 1. The molecule has 136 valence electrons. The van der Waals surface area contributed by atoms with E-state index in [1.165, 1.54) is 11.3 Å². The lowest BCUT2D eigenvalue weighted by atomic mass is 9.80. The second-order valence-corrected chi connectivity index (χ2v) is 8.07.